The molecule has 0 aromatic rings. The van der Waals surface area contributed by atoms with Crippen LogP contribution in [0.1, 0.15) is 46.5 Å². The number of carbonyl (C=O) groups excluding carboxylic acids is 1. The van der Waals surface area contributed by atoms with Gasteiger partial charge in [-0.3, -0.25) is 4.79 Å². The second kappa shape index (κ2) is 3.29. The van der Waals surface area contributed by atoms with Gasteiger partial charge >= 0.3 is 0 Å². The second-order valence-electron chi connectivity index (χ2n) is 5.13. The Labute approximate surface area is 80.1 Å². The molecule has 0 aliphatic heterocycles. The van der Waals surface area contributed by atoms with Crippen LogP contribution in [0.5, 0.6) is 0 Å². The molecule has 3 heteroatoms. The summed E-state index contributed by atoms with van der Waals surface area (Å²) in [4.78, 5) is 11.5. The smallest absolute Gasteiger partial charge is 0.222 e. The lowest BCUT2D eigenvalue weighted by Gasteiger charge is -2.39. The first kappa shape index (κ1) is 10.5. The van der Waals surface area contributed by atoms with E-state index in [2.05, 4.69) is 12.2 Å². The monoisotopic (exact) mass is 184 g/mol. The molecule has 0 saturated heterocycles. The maximum atomic E-state index is 11.5. The minimum Gasteiger partial charge on any atom is -0.351 e. The second-order valence-corrected chi connectivity index (χ2v) is 5.13. The molecule has 1 aliphatic carbocycles. The number of hydrogen-bond donors (Lipinski definition) is 2. The minimum absolute atomic E-state index is 0.0579. The third-order valence-electron chi connectivity index (χ3n) is 2.51. The van der Waals surface area contributed by atoms with Crippen LogP contribution in [0.3, 0.4) is 0 Å². The van der Waals surface area contributed by atoms with Crippen LogP contribution in [-0.2, 0) is 4.79 Å². The zero-order valence-corrected chi connectivity index (χ0v) is 8.81. The van der Waals surface area contributed by atoms with Crippen LogP contribution < -0.4 is 11.1 Å². The lowest BCUT2D eigenvalue weighted by atomic mass is 9.78. The van der Waals surface area contributed by atoms with Crippen molar-refractivity contribution in [1.29, 1.82) is 0 Å². The topological polar surface area (TPSA) is 55.1 Å². The molecule has 13 heavy (non-hydrogen) atoms. The number of nitrogens with one attached hydrogen (secondary N) is 1. The van der Waals surface area contributed by atoms with Gasteiger partial charge in [-0.25, -0.2) is 0 Å². The Balaban J connectivity index is 2.33. The van der Waals surface area contributed by atoms with E-state index < -0.39 is 5.54 Å². The molecule has 0 radical (unpaired) electrons. The fraction of sp³-hybridized carbons (Fsp3) is 0.900. The molecule has 0 spiro atoms. The Morgan fingerprint density at radius 2 is 2.08 bits per heavy atom. The van der Waals surface area contributed by atoms with Crippen molar-refractivity contribution in [2.45, 2.75) is 57.5 Å². The van der Waals surface area contributed by atoms with Crippen molar-refractivity contribution in [1.82, 2.24) is 5.32 Å². The summed E-state index contributed by atoms with van der Waals surface area (Å²) in [6, 6.07) is 0. The molecule has 76 valence electrons. The Hall–Kier alpha value is -0.570. The summed E-state index contributed by atoms with van der Waals surface area (Å²) < 4.78 is 0. The van der Waals surface area contributed by atoms with Crippen molar-refractivity contribution in [3.8, 4) is 0 Å². The summed E-state index contributed by atoms with van der Waals surface area (Å²) in [5, 5.41) is 3.03. The molecule has 1 aliphatic rings. The van der Waals surface area contributed by atoms with Crippen molar-refractivity contribution in [3.05, 3.63) is 0 Å². The van der Waals surface area contributed by atoms with Crippen LogP contribution in [0.4, 0.5) is 0 Å². The van der Waals surface area contributed by atoms with Crippen molar-refractivity contribution in [3.63, 3.8) is 0 Å². The summed E-state index contributed by atoms with van der Waals surface area (Å²) in [5.74, 6) is 0.0784. The van der Waals surface area contributed by atoms with Crippen molar-refractivity contribution in [2.75, 3.05) is 0 Å². The van der Waals surface area contributed by atoms with Gasteiger partial charge in [-0.1, -0.05) is 0 Å². The normalized spacial score (nSPS) is 20.6. The van der Waals surface area contributed by atoms with Crippen LogP contribution in [0.15, 0.2) is 0 Å². The molecule has 0 bridgehead atoms. The molecule has 3 N–H and O–H groups in total. The fourth-order valence-corrected chi connectivity index (χ4v) is 1.63. The van der Waals surface area contributed by atoms with Gasteiger partial charge in [0.25, 0.3) is 0 Å². The van der Waals surface area contributed by atoms with Gasteiger partial charge in [-0.15, -0.1) is 0 Å². The first-order chi connectivity index (χ1) is 5.81. The van der Waals surface area contributed by atoms with E-state index in [1.54, 1.807) is 0 Å². The lowest BCUT2D eigenvalue weighted by Crippen LogP contribution is -2.52. The Bertz CT molecular complexity index is 201. The average Bonchev–Trinajstić information content (AvgIpc) is 1.79. The first-order valence-corrected chi connectivity index (χ1v) is 4.91. The number of nitrogens with two attached hydrogens (primary N) is 1. The maximum Gasteiger partial charge on any atom is 0.222 e. The molecule has 1 rings (SSSR count). The molecule has 3 nitrogen and oxygen atoms in total. The molecule has 1 saturated carbocycles. The SMILES string of the molecule is CC(C)(N)CC(=O)NC1(C)CCC1. The van der Waals surface area contributed by atoms with Gasteiger partial charge < -0.3 is 11.1 Å². The van der Waals surface area contributed by atoms with E-state index >= 15 is 0 Å². The Morgan fingerprint density at radius 1 is 1.54 bits per heavy atom. The fourth-order valence-electron chi connectivity index (χ4n) is 1.63. The molecule has 1 fully saturated rings. The molecule has 0 aromatic heterocycles. The van der Waals surface area contributed by atoms with Crippen LogP contribution in [0, 0.1) is 0 Å². The van der Waals surface area contributed by atoms with Crippen LogP contribution in [-0.4, -0.2) is 17.0 Å². The molecular formula is C10H20N2O. The highest BCUT2D eigenvalue weighted by Crippen LogP contribution is 2.31. The van der Waals surface area contributed by atoms with Crippen molar-refractivity contribution in [2.24, 2.45) is 5.73 Å². The summed E-state index contributed by atoms with van der Waals surface area (Å²) >= 11 is 0. The summed E-state index contributed by atoms with van der Waals surface area (Å²) in [5.41, 5.74) is 5.41. The standard InChI is InChI=1S/C10H20N2O/c1-9(2,11)7-8(13)12-10(3)5-4-6-10/h4-7,11H2,1-3H3,(H,12,13). The molecule has 0 aromatic carbocycles. The molecular weight excluding hydrogens is 164 g/mol. The van der Waals surface area contributed by atoms with E-state index in [0.717, 1.165) is 12.8 Å². The summed E-state index contributed by atoms with van der Waals surface area (Å²) in [6.07, 6.45) is 3.83. The lowest BCUT2D eigenvalue weighted by molar-refractivity contribution is -0.124. The van der Waals surface area contributed by atoms with E-state index in [1.807, 2.05) is 13.8 Å². The molecule has 1 amide bonds. The summed E-state index contributed by atoms with van der Waals surface area (Å²) in [7, 11) is 0. The first-order valence-electron chi connectivity index (χ1n) is 4.91. The Morgan fingerprint density at radius 3 is 2.38 bits per heavy atom. The summed E-state index contributed by atoms with van der Waals surface area (Å²) in [6.45, 7) is 5.84. The van der Waals surface area contributed by atoms with Gasteiger partial charge in [0.2, 0.25) is 5.91 Å². The van der Waals surface area contributed by atoms with Gasteiger partial charge in [-0.2, -0.15) is 0 Å². The third kappa shape index (κ3) is 3.35. The number of rotatable bonds is 3. The predicted octanol–water partition coefficient (Wildman–Crippen LogP) is 1.17. The molecule has 0 atom stereocenters. The maximum absolute atomic E-state index is 11.5. The molecule has 0 heterocycles. The van der Waals surface area contributed by atoms with E-state index in [0.29, 0.717) is 6.42 Å². The molecule has 0 unspecified atom stereocenters. The van der Waals surface area contributed by atoms with Crippen molar-refractivity contribution >= 4 is 5.91 Å². The average molecular weight is 184 g/mol. The zero-order valence-electron chi connectivity index (χ0n) is 8.81. The highest BCUT2D eigenvalue weighted by Gasteiger charge is 2.33. The van der Waals surface area contributed by atoms with Gasteiger partial charge in [0.05, 0.1) is 0 Å². The number of amides is 1. The highest BCUT2D eigenvalue weighted by molar-refractivity contribution is 5.78. The van der Waals surface area contributed by atoms with Gasteiger partial charge in [-0.05, 0) is 40.0 Å². The quantitative estimate of drug-likeness (QED) is 0.692. The Kier molecular flexibility index (Phi) is 2.66. The minimum atomic E-state index is -0.399. The van der Waals surface area contributed by atoms with E-state index in [1.165, 1.54) is 6.42 Å². The number of hydrogen-bond acceptors (Lipinski definition) is 2. The van der Waals surface area contributed by atoms with E-state index in [9.17, 15) is 4.79 Å². The van der Waals surface area contributed by atoms with Crippen LogP contribution >= 0.6 is 0 Å². The van der Waals surface area contributed by atoms with Gasteiger partial charge in [0.15, 0.2) is 0 Å². The number of carbonyl (C=O) groups is 1. The van der Waals surface area contributed by atoms with E-state index in [-0.39, 0.29) is 11.4 Å². The predicted molar refractivity (Wildman–Crippen MR) is 53.3 cm³/mol. The van der Waals surface area contributed by atoms with Crippen LogP contribution in [0.25, 0.3) is 0 Å². The van der Waals surface area contributed by atoms with Crippen LogP contribution in [0.2, 0.25) is 0 Å². The highest BCUT2D eigenvalue weighted by atomic mass is 16.1. The zero-order chi connectivity index (χ0) is 10.1. The third-order valence-corrected chi connectivity index (χ3v) is 2.51. The van der Waals surface area contributed by atoms with Gasteiger partial charge in [0.1, 0.15) is 0 Å². The van der Waals surface area contributed by atoms with Crippen molar-refractivity contribution < 1.29 is 4.79 Å². The largest absolute Gasteiger partial charge is 0.351 e. The van der Waals surface area contributed by atoms with E-state index in [4.69, 9.17) is 5.73 Å². The van der Waals surface area contributed by atoms with Gasteiger partial charge in [0, 0.05) is 17.5 Å².